The Morgan fingerprint density at radius 2 is 2.04 bits per heavy atom. The summed E-state index contributed by atoms with van der Waals surface area (Å²) in [6, 6.07) is 9.32. The van der Waals surface area contributed by atoms with Crippen LogP contribution in [-0.4, -0.2) is 28.7 Å². The van der Waals surface area contributed by atoms with Crippen LogP contribution in [0, 0.1) is 0 Å². The van der Waals surface area contributed by atoms with Crippen LogP contribution in [-0.2, 0) is 23.0 Å². The predicted octanol–water partition coefficient (Wildman–Crippen LogP) is 3.17. The van der Waals surface area contributed by atoms with Crippen molar-refractivity contribution in [2.75, 3.05) is 6.54 Å². The Hall–Kier alpha value is -1.70. The molecule has 0 aliphatic carbocycles. The number of imidazole rings is 1. The van der Waals surface area contributed by atoms with Crippen molar-refractivity contribution in [2.45, 2.75) is 31.0 Å². The molecule has 0 radical (unpaired) electrons. The summed E-state index contributed by atoms with van der Waals surface area (Å²) in [6.07, 6.45) is 4.48. The first-order valence-electron chi connectivity index (χ1n) is 7.56. The summed E-state index contributed by atoms with van der Waals surface area (Å²) >= 11 is 1.35. The average molecular weight is 349 g/mol. The number of pyridine rings is 1. The molecule has 0 amide bonds. The van der Waals surface area contributed by atoms with Crippen LogP contribution >= 0.6 is 11.3 Å². The molecule has 3 aromatic heterocycles. The van der Waals surface area contributed by atoms with Gasteiger partial charge in [-0.2, -0.15) is 4.31 Å². The number of hydrogen-bond acceptors (Lipinski definition) is 4. The van der Waals surface area contributed by atoms with Gasteiger partial charge < -0.3 is 4.40 Å². The number of aromatic nitrogens is 2. The monoisotopic (exact) mass is 349 g/mol. The number of rotatable bonds is 6. The zero-order valence-electron chi connectivity index (χ0n) is 13.1. The van der Waals surface area contributed by atoms with E-state index in [1.165, 1.54) is 15.6 Å². The van der Waals surface area contributed by atoms with Gasteiger partial charge in [0.15, 0.2) is 0 Å². The van der Waals surface area contributed by atoms with Crippen molar-refractivity contribution in [3.8, 4) is 0 Å². The topological polar surface area (TPSA) is 54.7 Å². The van der Waals surface area contributed by atoms with E-state index in [-0.39, 0.29) is 0 Å². The molecule has 23 heavy (non-hydrogen) atoms. The molecule has 0 N–H and O–H groups in total. The van der Waals surface area contributed by atoms with E-state index in [9.17, 15) is 8.42 Å². The quantitative estimate of drug-likeness (QED) is 0.687. The van der Waals surface area contributed by atoms with Gasteiger partial charge in [0.25, 0.3) is 10.0 Å². The zero-order valence-corrected chi connectivity index (χ0v) is 14.8. The zero-order chi connectivity index (χ0) is 16.4. The highest BCUT2D eigenvalue weighted by molar-refractivity contribution is 7.91. The van der Waals surface area contributed by atoms with Crippen molar-refractivity contribution in [2.24, 2.45) is 0 Å². The molecule has 3 aromatic rings. The molecule has 0 aliphatic rings. The number of sulfonamides is 1. The van der Waals surface area contributed by atoms with Gasteiger partial charge in [-0.25, -0.2) is 13.4 Å². The van der Waals surface area contributed by atoms with Crippen molar-refractivity contribution in [1.29, 1.82) is 0 Å². The minimum atomic E-state index is -3.47. The van der Waals surface area contributed by atoms with E-state index in [0.29, 0.717) is 17.3 Å². The second kappa shape index (κ2) is 6.43. The summed E-state index contributed by atoms with van der Waals surface area (Å²) in [5.74, 6) is 0. The predicted molar refractivity (Wildman–Crippen MR) is 92.2 cm³/mol. The lowest BCUT2D eigenvalue weighted by Crippen LogP contribution is -2.30. The maximum Gasteiger partial charge on any atom is 0.252 e. The highest BCUT2D eigenvalue weighted by atomic mass is 32.2. The van der Waals surface area contributed by atoms with E-state index in [4.69, 9.17) is 0 Å². The summed E-state index contributed by atoms with van der Waals surface area (Å²) in [5, 5.41) is 0. The lowest BCUT2D eigenvalue weighted by Gasteiger charge is -2.19. The standard InChI is InChI=1S/C16H19N3O2S2/c1-3-14-8-9-16(22-14)23(20,21)18(4-2)12-13-11-17-15-7-5-6-10-19(13)15/h5-11H,3-4,12H2,1-2H3. The number of nitrogens with zero attached hydrogens (tertiary/aromatic N) is 3. The normalized spacial score (nSPS) is 12.3. The van der Waals surface area contributed by atoms with Crippen LogP contribution in [0.15, 0.2) is 46.9 Å². The molecule has 0 spiro atoms. The fraction of sp³-hybridized carbons (Fsp3) is 0.312. The first kappa shape index (κ1) is 16.2. The lowest BCUT2D eigenvalue weighted by molar-refractivity contribution is 0.419. The van der Waals surface area contributed by atoms with Crippen LogP contribution in [0.1, 0.15) is 24.4 Å². The maximum atomic E-state index is 12.9. The molecular formula is C16H19N3O2S2. The molecule has 7 heteroatoms. The van der Waals surface area contributed by atoms with Crippen LogP contribution in [0.25, 0.3) is 5.65 Å². The van der Waals surface area contributed by atoms with Gasteiger partial charge in [0.1, 0.15) is 9.86 Å². The van der Waals surface area contributed by atoms with E-state index < -0.39 is 10.0 Å². The molecule has 0 atom stereocenters. The average Bonchev–Trinajstić information content (AvgIpc) is 3.20. The molecule has 0 bridgehead atoms. The second-order valence-corrected chi connectivity index (χ2v) is 8.52. The van der Waals surface area contributed by atoms with Gasteiger partial charge >= 0.3 is 0 Å². The molecule has 0 fully saturated rings. The summed E-state index contributed by atoms with van der Waals surface area (Å²) in [6.45, 7) is 4.61. The third-order valence-corrected chi connectivity index (χ3v) is 7.38. The van der Waals surface area contributed by atoms with Gasteiger partial charge in [-0.1, -0.05) is 19.9 Å². The third-order valence-electron chi connectivity index (χ3n) is 3.76. The molecule has 0 aromatic carbocycles. The number of thiophene rings is 1. The Bertz CT molecular complexity index is 912. The van der Waals surface area contributed by atoms with Gasteiger partial charge in [0.05, 0.1) is 18.4 Å². The van der Waals surface area contributed by atoms with Gasteiger partial charge in [0, 0.05) is 17.6 Å². The van der Waals surface area contributed by atoms with Gasteiger partial charge in [-0.05, 0) is 30.7 Å². The van der Waals surface area contributed by atoms with E-state index in [2.05, 4.69) is 4.98 Å². The van der Waals surface area contributed by atoms with E-state index in [0.717, 1.165) is 22.6 Å². The molecule has 0 unspecified atom stereocenters. The van der Waals surface area contributed by atoms with Gasteiger partial charge in [-0.3, -0.25) is 0 Å². The second-order valence-electron chi connectivity index (χ2n) is 5.18. The minimum Gasteiger partial charge on any atom is -0.303 e. The summed E-state index contributed by atoms with van der Waals surface area (Å²) in [5.41, 5.74) is 1.68. The molecule has 0 saturated carbocycles. The number of fused-ring (bicyclic) bond motifs is 1. The van der Waals surface area contributed by atoms with E-state index in [1.807, 2.05) is 48.7 Å². The Labute approximate surface area is 140 Å². The van der Waals surface area contributed by atoms with Crippen molar-refractivity contribution in [3.05, 3.63) is 53.3 Å². The van der Waals surface area contributed by atoms with Crippen LogP contribution in [0.2, 0.25) is 0 Å². The Kier molecular flexibility index (Phi) is 4.52. The molecule has 3 rings (SSSR count). The lowest BCUT2D eigenvalue weighted by atomic mass is 10.4. The van der Waals surface area contributed by atoms with Crippen molar-refractivity contribution < 1.29 is 8.42 Å². The summed E-state index contributed by atoms with van der Waals surface area (Å²) in [4.78, 5) is 5.40. The van der Waals surface area contributed by atoms with Crippen LogP contribution < -0.4 is 0 Å². The summed E-state index contributed by atoms with van der Waals surface area (Å²) in [7, 11) is -3.47. The Balaban J connectivity index is 1.93. The first-order chi connectivity index (χ1) is 11.1. The van der Waals surface area contributed by atoms with Crippen molar-refractivity contribution >= 4 is 27.0 Å². The smallest absolute Gasteiger partial charge is 0.252 e. The Morgan fingerprint density at radius 3 is 2.74 bits per heavy atom. The fourth-order valence-corrected chi connectivity index (χ4v) is 5.33. The molecule has 0 saturated heterocycles. The van der Waals surface area contributed by atoms with Crippen LogP contribution in [0.5, 0.6) is 0 Å². The SMILES string of the molecule is CCc1ccc(S(=O)(=O)N(CC)Cc2cnc3ccccn23)s1. The molecule has 5 nitrogen and oxygen atoms in total. The maximum absolute atomic E-state index is 12.9. The van der Waals surface area contributed by atoms with Crippen LogP contribution in [0.4, 0.5) is 0 Å². The van der Waals surface area contributed by atoms with E-state index >= 15 is 0 Å². The first-order valence-corrected chi connectivity index (χ1v) is 9.81. The number of aryl methyl sites for hydroxylation is 1. The van der Waals surface area contributed by atoms with Crippen molar-refractivity contribution in [1.82, 2.24) is 13.7 Å². The molecule has 3 heterocycles. The van der Waals surface area contributed by atoms with Crippen molar-refractivity contribution in [3.63, 3.8) is 0 Å². The van der Waals surface area contributed by atoms with E-state index in [1.54, 1.807) is 12.3 Å². The largest absolute Gasteiger partial charge is 0.303 e. The van der Waals surface area contributed by atoms with Gasteiger partial charge in [0.2, 0.25) is 0 Å². The molecular weight excluding hydrogens is 330 g/mol. The minimum absolute atomic E-state index is 0.309. The third kappa shape index (κ3) is 3.04. The highest BCUT2D eigenvalue weighted by Crippen LogP contribution is 2.26. The molecule has 0 aliphatic heterocycles. The fourth-order valence-electron chi connectivity index (χ4n) is 2.46. The number of hydrogen-bond donors (Lipinski definition) is 0. The molecule has 122 valence electrons. The van der Waals surface area contributed by atoms with Crippen LogP contribution in [0.3, 0.4) is 0 Å². The Morgan fingerprint density at radius 1 is 1.22 bits per heavy atom. The highest BCUT2D eigenvalue weighted by Gasteiger charge is 2.25. The summed E-state index contributed by atoms with van der Waals surface area (Å²) < 4.78 is 29.5. The van der Waals surface area contributed by atoms with Gasteiger partial charge in [-0.15, -0.1) is 11.3 Å².